The van der Waals surface area contributed by atoms with Crippen molar-refractivity contribution in [2.24, 2.45) is 0 Å². The number of unbranched alkanes of at least 4 members (excludes halogenated alkanes) is 1. The smallest absolute Gasteiger partial charge is 0.124 e. The quantitative estimate of drug-likeness (QED) is 0.555. The SMILES string of the molecule is CCCCOc1cccc(-c2nc3cc(Cl)ccc3s2)c1. The average Bonchev–Trinajstić information content (AvgIpc) is 2.91. The number of hydrogen-bond acceptors (Lipinski definition) is 3. The van der Waals surface area contributed by atoms with E-state index in [0.717, 1.165) is 51.0 Å². The number of fused-ring (bicyclic) bond motifs is 1. The number of aromatic nitrogens is 1. The van der Waals surface area contributed by atoms with E-state index in [1.165, 1.54) is 0 Å². The predicted molar refractivity (Wildman–Crippen MR) is 90.5 cm³/mol. The van der Waals surface area contributed by atoms with Gasteiger partial charge in [0, 0.05) is 10.6 Å². The molecule has 1 aromatic heterocycles. The number of nitrogens with zero attached hydrogens (tertiary/aromatic N) is 1. The molecule has 108 valence electrons. The number of hydrogen-bond donors (Lipinski definition) is 0. The summed E-state index contributed by atoms with van der Waals surface area (Å²) < 4.78 is 6.90. The van der Waals surface area contributed by atoms with Crippen LogP contribution >= 0.6 is 22.9 Å². The van der Waals surface area contributed by atoms with Crippen LogP contribution in [0.5, 0.6) is 5.75 Å². The summed E-state index contributed by atoms with van der Waals surface area (Å²) in [5.41, 5.74) is 2.03. The molecule has 3 rings (SSSR count). The van der Waals surface area contributed by atoms with E-state index in [-0.39, 0.29) is 0 Å². The van der Waals surface area contributed by atoms with Gasteiger partial charge in [-0.05, 0) is 36.8 Å². The normalized spacial score (nSPS) is 11.0. The van der Waals surface area contributed by atoms with Crippen LogP contribution in [-0.2, 0) is 0 Å². The Kier molecular flexibility index (Phi) is 4.42. The van der Waals surface area contributed by atoms with Gasteiger partial charge in [0.05, 0.1) is 16.8 Å². The highest BCUT2D eigenvalue weighted by atomic mass is 35.5. The van der Waals surface area contributed by atoms with Crippen molar-refractivity contribution in [2.45, 2.75) is 19.8 Å². The molecule has 0 bridgehead atoms. The molecular weight excluding hydrogens is 302 g/mol. The van der Waals surface area contributed by atoms with Gasteiger partial charge < -0.3 is 4.74 Å². The highest BCUT2D eigenvalue weighted by Crippen LogP contribution is 2.32. The molecule has 0 aliphatic rings. The van der Waals surface area contributed by atoms with Crippen molar-refractivity contribution < 1.29 is 4.74 Å². The van der Waals surface area contributed by atoms with Crippen LogP contribution in [0.4, 0.5) is 0 Å². The maximum atomic E-state index is 6.01. The first-order chi connectivity index (χ1) is 10.3. The third kappa shape index (κ3) is 3.36. The zero-order chi connectivity index (χ0) is 14.7. The fourth-order valence-corrected chi connectivity index (χ4v) is 3.19. The summed E-state index contributed by atoms with van der Waals surface area (Å²) in [6.07, 6.45) is 2.21. The fraction of sp³-hybridized carbons (Fsp3) is 0.235. The number of ether oxygens (including phenoxy) is 1. The van der Waals surface area contributed by atoms with Crippen LogP contribution in [0.1, 0.15) is 19.8 Å². The van der Waals surface area contributed by atoms with Gasteiger partial charge in [0.15, 0.2) is 0 Å². The Labute approximate surface area is 133 Å². The summed E-state index contributed by atoms with van der Waals surface area (Å²) in [7, 11) is 0. The first kappa shape index (κ1) is 14.4. The Morgan fingerprint density at radius 2 is 2.10 bits per heavy atom. The van der Waals surface area contributed by atoms with Gasteiger partial charge in [-0.2, -0.15) is 0 Å². The van der Waals surface area contributed by atoms with Gasteiger partial charge in [-0.3, -0.25) is 0 Å². The zero-order valence-corrected chi connectivity index (χ0v) is 13.4. The zero-order valence-electron chi connectivity index (χ0n) is 11.8. The molecule has 0 N–H and O–H groups in total. The second-order valence-corrected chi connectivity index (χ2v) is 6.33. The van der Waals surface area contributed by atoms with Gasteiger partial charge in [-0.25, -0.2) is 4.98 Å². The standard InChI is InChI=1S/C17H16ClNOS/c1-2-3-9-20-14-6-4-5-12(10-14)17-19-15-11-13(18)7-8-16(15)21-17/h4-8,10-11H,2-3,9H2,1H3. The molecule has 2 nitrogen and oxygen atoms in total. The highest BCUT2D eigenvalue weighted by Gasteiger charge is 2.07. The molecule has 0 fully saturated rings. The molecule has 0 amide bonds. The molecular formula is C17H16ClNOS. The Morgan fingerprint density at radius 3 is 2.95 bits per heavy atom. The van der Waals surface area contributed by atoms with Crippen LogP contribution in [0, 0.1) is 0 Å². The molecule has 0 unspecified atom stereocenters. The van der Waals surface area contributed by atoms with Crippen molar-refractivity contribution in [3.63, 3.8) is 0 Å². The number of halogens is 1. The van der Waals surface area contributed by atoms with Gasteiger partial charge in [-0.15, -0.1) is 11.3 Å². The minimum absolute atomic E-state index is 0.719. The molecule has 0 radical (unpaired) electrons. The lowest BCUT2D eigenvalue weighted by Crippen LogP contribution is -1.96. The van der Waals surface area contributed by atoms with Crippen molar-refractivity contribution >= 4 is 33.2 Å². The molecule has 0 saturated carbocycles. The highest BCUT2D eigenvalue weighted by molar-refractivity contribution is 7.21. The number of thiazole rings is 1. The lowest BCUT2D eigenvalue weighted by Gasteiger charge is -2.06. The minimum Gasteiger partial charge on any atom is -0.494 e. The lowest BCUT2D eigenvalue weighted by molar-refractivity contribution is 0.309. The molecule has 0 saturated heterocycles. The van der Waals surface area contributed by atoms with Crippen molar-refractivity contribution in [3.8, 4) is 16.3 Å². The maximum Gasteiger partial charge on any atom is 0.124 e. The molecule has 0 aliphatic carbocycles. The Balaban J connectivity index is 1.89. The van der Waals surface area contributed by atoms with Gasteiger partial charge in [0.25, 0.3) is 0 Å². The fourth-order valence-electron chi connectivity index (χ4n) is 2.08. The van der Waals surface area contributed by atoms with Crippen LogP contribution in [0.25, 0.3) is 20.8 Å². The first-order valence-corrected chi connectivity index (χ1v) is 8.25. The number of benzene rings is 2. The van der Waals surface area contributed by atoms with Crippen molar-refractivity contribution in [3.05, 3.63) is 47.5 Å². The van der Waals surface area contributed by atoms with Gasteiger partial charge in [0.1, 0.15) is 10.8 Å². The maximum absolute atomic E-state index is 6.01. The van der Waals surface area contributed by atoms with Gasteiger partial charge in [-0.1, -0.05) is 37.1 Å². The van der Waals surface area contributed by atoms with E-state index in [1.807, 2.05) is 30.3 Å². The second-order valence-electron chi connectivity index (χ2n) is 4.86. The van der Waals surface area contributed by atoms with E-state index >= 15 is 0 Å². The van der Waals surface area contributed by atoms with Crippen LogP contribution < -0.4 is 4.74 Å². The van der Waals surface area contributed by atoms with Crippen LogP contribution in [0.15, 0.2) is 42.5 Å². The monoisotopic (exact) mass is 317 g/mol. The number of rotatable bonds is 5. The van der Waals surface area contributed by atoms with E-state index in [9.17, 15) is 0 Å². The Morgan fingerprint density at radius 1 is 1.19 bits per heavy atom. The average molecular weight is 318 g/mol. The van der Waals surface area contributed by atoms with E-state index in [4.69, 9.17) is 16.3 Å². The van der Waals surface area contributed by atoms with E-state index in [2.05, 4.69) is 24.0 Å². The van der Waals surface area contributed by atoms with Crippen molar-refractivity contribution in [2.75, 3.05) is 6.61 Å². The molecule has 0 spiro atoms. The largest absolute Gasteiger partial charge is 0.494 e. The predicted octanol–water partition coefficient (Wildman–Crippen LogP) is 5.80. The van der Waals surface area contributed by atoms with Crippen LogP contribution in [0.2, 0.25) is 5.02 Å². The Bertz CT molecular complexity index is 753. The molecule has 2 aromatic carbocycles. The molecule has 1 heterocycles. The third-order valence-electron chi connectivity index (χ3n) is 3.20. The summed E-state index contributed by atoms with van der Waals surface area (Å²) in [4.78, 5) is 4.66. The van der Waals surface area contributed by atoms with Gasteiger partial charge in [0.2, 0.25) is 0 Å². The van der Waals surface area contributed by atoms with E-state index in [1.54, 1.807) is 11.3 Å². The van der Waals surface area contributed by atoms with Crippen LogP contribution in [-0.4, -0.2) is 11.6 Å². The molecule has 4 heteroatoms. The minimum atomic E-state index is 0.719. The van der Waals surface area contributed by atoms with Crippen molar-refractivity contribution in [1.29, 1.82) is 0 Å². The Hall–Kier alpha value is -1.58. The molecule has 0 atom stereocenters. The topological polar surface area (TPSA) is 22.1 Å². The van der Waals surface area contributed by atoms with Crippen LogP contribution in [0.3, 0.4) is 0 Å². The van der Waals surface area contributed by atoms with Gasteiger partial charge >= 0.3 is 0 Å². The second kappa shape index (κ2) is 6.46. The molecule has 21 heavy (non-hydrogen) atoms. The summed E-state index contributed by atoms with van der Waals surface area (Å²) >= 11 is 7.69. The lowest BCUT2D eigenvalue weighted by atomic mass is 10.2. The summed E-state index contributed by atoms with van der Waals surface area (Å²) in [6, 6.07) is 13.9. The van der Waals surface area contributed by atoms with E-state index < -0.39 is 0 Å². The van der Waals surface area contributed by atoms with E-state index in [0.29, 0.717) is 0 Å². The summed E-state index contributed by atoms with van der Waals surface area (Å²) in [5.74, 6) is 0.901. The molecule has 0 aliphatic heterocycles. The third-order valence-corrected chi connectivity index (χ3v) is 4.52. The first-order valence-electron chi connectivity index (χ1n) is 7.05. The molecule has 3 aromatic rings. The summed E-state index contributed by atoms with van der Waals surface area (Å²) in [6.45, 7) is 2.92. The summed E-state index contributed by atoms with van der Waals surface area (Å²) in [5, 5.41) is 1.71. The van der Waals surface area contributed by atoms with Crippen molar-refractivity contribution in [1.82, 2.24) is 4.98 Å².